The van der Waals surface area contributed by atoms with Crippen LogP contribution in [0.1, 0.15) is 29.1 Å². The van der Waals surface area contributed by atoms with Crippen LogP contribution in [0.5, 0.6) is 0 Å². The van der Waals surface area contributed by atoms with Gasteiger partial charge >= 0.3 is 0 Å². The lowest BCUT2D eigenvalue weighted by Gasteiger charge is -2.19. The number of halogens is 1. The largest absolute Gasteiger partial charge is 0.310 e. The molecule has 0 amide bonds. The first-order valence-corrected chi connectivity index (χ1v) is 7.76. The molecular weight excluding hydrogens is 308 g/mol. The van der Waals surface area contributed by atoms with E-state index in [0.717, 1.165) is 18.7 Å². The third-order valence-electron chi connectivity index (χ3n) is 2.95. The number of hydrogen-bond acceptors (Lipinski definition) is 3. The number of aryl methyl sites for hydroxylation is 1. The summed E-state index contributed by atoms with van der Waals surface area (Å²) < 4.78 is 1.21. The Morgan fingerprint density at radius 2 is 2.28 bits per heavy atom. The van der Waals surface area contributed by atoms with Crippen molar-refractivity contribution in [1.82, 2.24) is 10.3 Å². The minimum absolute atomic E-state index is 0.332. The van der Waals surface area contributed by atoms with Gasteiger partial charge < -0.3 is 5.32 Å². The molecule has 1 N–H and O–H groups in total. The van der Waals surface area contributed by atoms with Crippen molar-refractivity contribution in [3.8, 4) is 0 Å². The van der Waals surface area contributed by atoms with Gasteiger partial charge in [0.15, 0.2) is 0 Å². The van der Waals surface area contributed by atoms with Gasteiger partial charge in [0.05, 0.1) is 0 Å². The number of nitrogens with zero attached hydrogens (tertiary/aromatic N) is 1. The van der Waals surface area contributed by atoms with Crippen LogP contribution >= 0.6 is 27.3 Å². The van der Waals surface area contributed by atoms with Crippen LogP contribution in [0.25, 0.3) is 0 Å². The van der Waals surface area contributed by atoms with Gasteiger partial charge in [-0.2, -0.15) is 0 Å². The number of hydrogen-bond donors (Lipinski definition) is 1. The van der Waals surface area contributed by atoms with Crippen LogP contribution < -0.4 is 5.32 Å². The lowest BCUT2D eigenvalue weighted by Crippen LogP contribution is -2.23. The van der Waals surface area contributed by atoms with Gasteiger partial charge in [-0.25, -0.2) is 0 Å². The van der Waals surface area contributed by atoms with E-state index in [2.05, 4.69) is 57.6 Å². The topological polar surface area (TPSA) is 24.9 Å². The highest BCUT2D eigenvalue weighted by Crippen LogP contribution is 2.28. The third kappa shape index (κ3) is 3.19. The molecule has 2 heterocycles. The van der Waals surface area contributed by atoms with Crippen LogP contribution in [0.3, 0.4) is 0 Å². The predicted octanol–water partition coefficient (Wildman–Crippen LogP) is 4.11. The second-order valence-electron chi connectivity index (χ2n) is 4.18. The Morgan fingerprint density at radius 1 is 1.44 bits per heavy atom. The highest BCUT2D eigenvalue weighted by Gasteiger charge is 2.15. The molecule has 18 heavy (non-hydrogen) atoms. The zero-order valence-corrected chi connectivity index (χ0v) is 13.0. The maximum Gasteiger partial charge on any atom is 0.0420 e. The van der Waals surface area contributed by atoms with Crippen LogP contribution in [-0.4, -0.2) is 11.5 Å². The van der Waals surface area contributed by atoms with Gasteiger partial charge in [-0.3, -0.25) is 4.98 Å². The fraction of sp³-hybridized carbons (Fsp3) is 0.357. The van der Waals surface area contributed by atoms with E-state index >= 15 is 0 Å². The summed E-state index contributed by atoms with van der Waals surface area (Å²) in [6.45, 7) is 5.17. The molecule has 0 aromatic carbocycles. The predicted molar refractivity (Wildman–Crippen MR) is 81.1 cm³/mol. The normalized spacial score (nSPS) is 12.6. The van der Waals surface area contributed by atoms with E-state index in [-0.39, 0.29) is 0 Å². The molecule has 1 unspecified atom stereocenters. The second-order valence-corrected chi connectivity index (χ2v) is 6.04. The highest BCUT2D eigenvalue weighted by atomic mass is 79.9. The molecule has 2 nitrogen and oxygen atoms in total. The average molecular weight is 325 g/mol. The lowest BCUT2D eigenvalue weighted by molar-refractivity contribution is 0.548. The van der Waals surface area contributed by atoms with E-state index in [1.54, 1.807) is 11.3 Å². The molecule has 2 aromatic heterocycles. The van der Waals surface area contributed by atoms with Gasteiger partial charge in [-0.15, -0.1) is 11.3 Å². The molecule has 4 heteroatoms. The molecular formula is C14H17BrN2S. The summed E-state index contributed by atoms with van der Waals surface area (Å²) in [5.41, 5.74) is 2.40. The second kappa shape index (κ2) is 6.45. The fourth-order valence-electron chi connectivity index (χ4n) is 2.06. The van der Waals surface area contributed by atoms with Gasteiger partial charge in [-0.05, 0) is 52.5 Å². The van der Waals surface area contributed by atoms with Crippen molar-refractivity contribution in [2.45, 2.75) is 26.3 Å². The van der Waals surface area contributed by atoms with E-state index in [9.17, 15) is 0 Å². The van der Waals surface area contributed by atoms with E-state index in [1.807, 2.05) is 12.3 Å². The van der Waals surface area contributed by atoms with Crippen molar-refractivity contribution in [1.29, 1.82) is 0 Å². The molecule has 0 aliphatic heterocycles. The molecule has 0 spiro atoms. The number of likely N-dealkylation sites (N-methyl/N-ethyl adjacent to an activating group) is 1. The summed E-state index contributed by atoms with van der Waals surface area (Å²) in [5.74, 6) is 0. The van der Waals surface area contributed by atoms with Crippen LogP contribution in [0, 0.1) is 6.92 Å². The number of nitrogens with one attached hydrogen (secondary N) is 1. The Morgan fingerprint density at radius 3 is 2.89 bits per heavy atom. The number of rotatable bonds is 5. The van der Waals surface area contributed by atoms with Crippen LogP contribution in [0.2, 0.25) is 0 Å². The minimum Gasteiger partial charge on any atom is -0.310 e. The summed E-state index contributed by atoms with van der Waals surface area (Å²) in [6, 6.07) is 6.62. The van der Waals surface area contributed by atoms with Crippen molar-refractivity contribution in [2.24, 2.45) is 0 Å². The quantitative estimate of drug-likeness (QED) is 0.895. The summed E-state index contributed by atoms with van der Waals surface area (Å²) in [6.07, 6.45) is 2.85. The highest BCUT2D eigenvalue weighted by molar-refractivity contribution is 9.10. The average Bonchev–Trinajstić information content (AvgIpc) is 2.75. The summed E-state index contributed by atoms with van der Waals surface area (Å²) in [4.78, 5) is 5.76. The Balaban J connectivity index is 2.24. The molecule has 0 saturated heterocycles. The van der Waals surface area contributed by atoms with Gasteiger partial charge in [0, 0.05) is 33.7 Å². The first-order valence-electron chi connectivity index (χ1n) is 6.09. The Hall–Kier alpha value is -0.710. The molecule has 2 rings (SSSR count). The standard InChI is InChI=1S/C14H17BrN2S/c1-3-16-13(9-14-12(15)6-8-18-14)11-5-4-7-17-10(11)2/h4-8,13,16H,3,9H2,1-2H3. The molecule has 0 fully saturated rings. The minimum atomic E-state index is 0.332. The zero-order chi connectivity index (χ0) is 13.0. The summed E-state index contributed by atoms with van der Waals surface area (Å²) in [5, 5.41) is 5.67. The molecule has 96 valence electrons. The van der Waals surface area contributed by atoms with Crippen molar-refractivity contribution < 1.29 is 0 Å². The number of pyridine rings is 1. The molecule has 0 saturated carbocycles. The smallest absolute Gasteiger partial charge is 0.0420 e. The lowest BCUT2D eigenvalue weighted by atomic mass is 10.0. The van der Waals surface area contributed by atoms with Gasteiger partial charge in [0.1, 0.15) is 0 Å². The Kier molecular flexibility index (Phi) is 4.92. The van der Waals surface area contributed by atoms with Crippen LogP contribution in [-0.2, 0) is 6.42 Å². The molecule has 0 radical (unpaired) electrons. The zero-order valence-electron chi connectivity index (χ0n) is 10.6. The molecule has 0 aliphatic carbocycles. The first kappa shape index (κ1) is 13.7. The Bertz CT molecular complexity index is 510. The van der Waals surface area contributed by atoms with E-state index in [4.69, 9.17) is 0 Å². The molecule has 2 aromatic rings. The number of aromatic nitrogens is 1. The molecule has 1 atom stereocenters. The maximum atomic E-state index is 4.39. The number of thiophene rings is 1. The Labute approximate surface area is 121 Å². The van der Waals surface area contributed by atoms with Crippen LogP contribution in [0.4, 0.5) is 0 Å². The monoisotopic (exact) mass is 324 g/mol. The van der Waals surface area contributed by atoms with Crippen LogP contribution in [0.15, 0.2) is 34.2 Å². The maximum absolute atomic E-state index is 4.39. The third-order valence-corrected chi connectivity index (χ3v) is 4.90. The van der Waals surface area contributed by atoms with E-state index < -0.39 is 0 Å². The van der Waals surface area contributed by atoms with Crippen molar-refractivity contribution >= 4 is 27.3 Å². The molecule has 0 aliphatic rings. The first-order chi connectivity index (χ1) is 8.72. The molecule has 0 bridgehead atoms. The summed E-state index contributed by atoms with van der Waals surface area (Å²) in [7, 11) is 0. The van der Waals surface area contributed by atoms with E-state index in [1.165, 1.54) is 14.9 Å². The van der Waals surface area contributed by atoms with Gasteiger partial charge in [0.2, 0.25) is 0 Å². The fourth-order valence-corrected chi connectivity index (χ4v) is 3.62. The summed E-state index contributed by atoms with van der Waals surface area (Å²) >= 11 is 5.40. The van der Waals surface area contributed by atoms with Crippen molar-refractivity contribution in [2.75, 3.05) is 6.54 Å². The van der Waals surface area contributed by atoms with Crippen molar-refractivity contribution in [3.05, 3.63) is 50.4 Å². The SMILES string of the molecule is CCNC(Cc1sccc1Br)c1cccnc1C. The van der Waals surface area contributed by atoms with E-state index in [0.29, 0.717) is 6.04 Å². The van der Waals surface area contributed by atoms with Gasteiger partial charge in [-0.1, -0.05) is 13.0 Å². The van der Waals surface area contributed by atoms with Crippen molar-refractivity contribution in [3.63, 3.8) is 0 Å². The van der Waals surface area contributed by atoms with Gasteiger partial charge in [0.25, 0.3) is 0 Å².